The minimum absolute atomic E-state index is 0.0142. The van der Waals surface area contributed by atoms with Crippen LogP contribution in [0.3, 0.4) is 0 Å². The second kappa shape index (κ2) is 11.6. The molecule has 0 aliphatic carbocycles. The summed E-state index contributed by atoms with van der Waals surface area (Å²) >= 11 is 11.8. The fourth-order valence-corrected chi connectivity index (χ4v) is 2.15. The van der Waals surface area contributed by atoms with Gasteiger partial charge in [-0.3, -0.25) is 4.79 Å². The molecule has 2 atom stereocenters. The SMILES string of the molecule is CCCC[C@H](C)NC(=O)C(C)Nc1ccc(Cl)c(Cl)c1.CN. The molecule has 4 N–H and O–H groups in total. The minimum atomic E-state index is -0.323. The third kappa shape index (κ3) is 7.87. The summed E-state index contributed by atoms with van der Waals surface area (Å²) in [7, 11) is 1.50. The van der Waals surface area contributed by atoms with Crippen molar-refractivity contribution in [1.29, 1.82) is 0 Å². The van der Waals surface area contributed by atoms with Crippen LogP contribution in [0.4, 0.5) is 5.69 Å². The van der Waals surface area contributed by atoms with Crippen molar-refractivity contribution in [3.8, 4) is 0 Å². The highest BCUT2D eigenvalue weighted by molar-refractivity contribution is 6.42. The summed E-state index contributed by atoms with van der Waals surface area (Å²) in [5.41, 5.74) is 5.28. The number of anilines is 1. The maximum atomic E-state index is 12.0. The summed E-state index contributed by atoms with van der Waals surface area (Å²) in [6, 6.07) is 5.10. The lowest BCUT2D eigenvalue weighted by Gasteiger charge is -2.19. The van der Waals surface area contributed by atoms with Crippen molar-refractivity contribution in [2.24, 2.45) is 5.73 Å². The van der Waals surface area contributed by atoms with Crippen LogP contribution < -0.4 is 16.4 Å². The van der Waals surface area contributed by atoms with Gasteiger partial charge in [0.25, 0.3) is 0 Å². The number of unbranched alkanes of at least 4 members (excludes halogenated alkanes) is 1. The summed E-state index contributed by atoms with van der Waals surface area (Å²) in [6.45, 7) is 5.99. The molecule has 0 bridgehead atoms. The Hall–Kier alpha value is -0.970. The zero-order valence-corrected chi connectivity index (χ0v) is 15.3. The van der Waals surface area contributed by atoms with Crippen LogP contribution >= 0.6 is 23.2 Å². The number of nitrogens with one attached hydrogen (secondary N) is 2. The van der Waals surface area contributed by atoms with E-state index in [1.807, 2.05) is 13.8 Å². The summed E-state index contributed by atoms with van der Waals surface area (Å²) < 4.78 is 0. The van der Waals surface area contributed by atoms with Crippen LogP contribution in [0.1, 0.15) is 40.0 Å². The van der Waals surface area contributed by atoms with E-state index in [2.05, 4.69) is 23.3 Å². The first-order chi connectivity index (χ1) is 10.4. The molecule has 0 heterocycles. The summed E-state index contributed by atoms with van der Waals surface area (Å²) in [5, 5.41) is 7.09. The average molecular weight is 348 g/mol. The van der Waals surface area contributed by atoms with E-state index in [0.29, 0.717) is 10.0 Å². The zero-order chi connectivity index (χ0) is 17.1. The van der Waals surface area contributed by atoms with E-state index >= 15 is 0 Å². The van der Waals surface area contributed by atoms with E-state index in [1.54, 1.807) is 18.2 Å². The molecule has 4 nitrogen and oxygen atoms in total. The first-order valence-electron chi connectivity index (χ1n) is 7.53. The minimum Gasteiger partial charge on any atom is -0.374 e. The quantitative estimate of drug-likeness (QED) is 0.696. The molecule has 1 rings (SSSR count). The van der Waals surface area contributed by atoms with Crippen molar-refractivity contribution in [1.82, 2.24) is 5.32 Å². The Balaban J connectivity index is 0.00000211. The molecule has 126 valence electrons. The number of carbonyl (C=O) groups excluding carboxylic acids is 1. The molecule has 0 aromatic heterocycles. The number of carbonyl (C=O) groups is 1. The fourth-order valence-electron chi connectivity index (χ4n) is 1.85. The Morgan fingerprint density at radius 3 is 2.41 bits per heavy atom. The van der Waals surface area contributed by atoms with Gasteiger partial charge in [0.1, 0.15) is 6.04 Å². The Kier molecular flexibility index (Phi) is 11.1. The first-order valence-corrected chi connectivity index (χ1v) is 8.29. The normalized spacial score (nSPS) is 12.7. The predicted molar refractivity (Wildman–Crippen MR) is 96.8 cm³/mol. The standard InChI is InChI=1S/C15H22Cl2N2O.CH5N/c1-4-5-6-10(2)18-15(20)11(3)19-12-7-8-13(16)14(17)9-12;1-2/h7-11,19H,4-6H2,1-3H3,(H,18,20);2H2,1H3/t10-,11?;/m0./s1. The lowest BCUT2D eigenvalue weighted by Crippen LogP contribution is -2.42. The Morgan fingerprint density at radius 1 is 1.23 bits per heavy atom. The van der Waals surface area contributed by atoms with Crippen molar-refractivity contribution in [3.63, 3.8) is 0 Å². The molecule has 0 spiro atoms. The van der Waals surface area contributed by atoms with Crippen molar-refractivity contribution < 1.29 is 4.79 Å². The van der Waals surface area contributed by atoms with Crippen molar-refractivity contribution in [3.05, 3.63) is 28.2 Å². The lowest BCUT2D eigenvalue weighted by atomic mass is 10.1. The highest BCUT2D eigenvalue weighted by Gasteiger charge is 2.15. The molecule has 1 aromatic carbocycles. The molecule has 22 heavy (non-hydrogen) atoms. The third-order valence-electron chi connectivity index (χ3n) is 3.08. The van der Waals surface area contributed by atoms with E-state index in [0.717, 1.165) is 24.9 Å². The number of amides is 1. The number of halogens is 2. The highest BCUT2D eigenvalue weighted by Crippen LogP contribution is 2.25. The van der Waals surface area contributed by atoms with Gasteiger partial charge in [-0.05, 0) is 45.5 Å². The molecule has 0 saturated heterocycles. The molecule has 0 aliphatic heterocycles. The van der Waals surface area contributed by atoms with Gasteiger partial charge in [0.05, 0.1) is 10.0 Å². The van der Waals surface area contributed by atoms with E-state index in [1.165, 1.54) is 7.05 Å². The average Bonchev–Trinajstić information content (AvgIpc) is 2.50. The smallest absolute Gasteiger partial charge is 0.242 e. The van der Waals surface area contributed by atoms with Crippen LogP contribution in [0.25, 0.3) is 0 Å². The van der Waals surface area contributed by atoms with Gasteiger partial charge in [0.15, 0.2) is 0 Å². The molecular formula is C16H27Cl2N3O. The number of rotatable bonds is 7. The Labute approximate surface area is 143 Å². The second-order valence-electron chi connectivity index (χ2n) is 5.05. The van der Waals surface area contributed by atoms with Gasteiger partial charge >= 0.3 is 0 Å². The molecule has 0 radical (unpaired) electrons. The Bertz CT molecular complexity index is 455. The summed E-state index contributed by atoms with van der Waals surface area (Å²) in [4.78, 5) is 12.0. The largest absolute Gasteiger partial charge is 0.374 e. The highest BCUT2D eigenvalue weighted by atomic mass is 35.5. The first kappa shape index (κ1) is 21.0. The molecule has 0 saturated carbocycles. The number of nitrogens with two attached hydrogens (primary N) is 1. The molecule has 6 heteroatoms. The third-order valence-corrected chi connectivity index (χ3v) is 3.81. The van der Waals surface area contributed by atoms with Crippen LogP contribution in [0.5, 0.6) is 0 Å². The number of hydrogen-bond donors (Lipinski definition) is 3. The maximum Gasteiger partial charge on any atom is 0.242 e. The second-order valence-corrected chi connectivity index (χ2v) is 5.86. The molecular weight excluding hydrogens is 321 g/mol. The number of hydrogen-bond acceptors (Lipinski definition) is 3. The zero-order valence-electron chi connectivity index (χ0n) is 13.7. The fraction of sp³-hybridized carbons (Fsp3) is 0.562. The van der Waals surface area contributed by atoms with Gasteiger partial charge in [-0.25, -0.2) is 0 Å². The van der Waals surface area contributed by atoms with Crippen LogP contribution in [0.2, 0.25) is 10.0 Å². The van der Waals surface area contributed by atoms with Gasteiger partial charge in [-0.2, -0.15) is 0 Å². The monoisotopic (exact) mass is 347 g/mol. The van der Waals surface area contributed by atoms with Crippen LogP contribution in [-0.2, 0) is 4.79 Å². The molecule has 1 aromatic rings. The molecule has 0 aliphatic rings. The predicted octanol–water partition coefficient (Wildman–Crippen LogP) is 4.06. The topological polar surface area (TPSA) is 67.2 Å². The van der Waals surface area contributed by atoms with Crippen LogP contribution in [-0.4, -0.2) is 25.0 Å². The number of benzene rings is 1. The Morgan fingerprint density at radius 2 is 1.86 bits per heavy atom. The maximum absolute atomic E-state index is 12.0. The van der Waals surface area contributed by atoms with Gasteiger partial charge in [0.2, 0.25) is 5.91 Å². The van der Waals surface area contributed by atoms with Crippen LogP contribution in [0.15, 0.2) is 18.2 Å². The van der Waals surface area contributed by atoms with E-state index in [9.17, 15) is 4.79 Å². The van der Waals surface area contributed by atoms with Crippen LogP contribution in [0, 0.1) is 0 Å². The molecule has 1 amide bonds. The van der Waals surface area contributed by atoms with Crippen molar-refractivity contribution >= 4 is 34.8 Å². The lowest BCUT2D eigenvalue weighted by molar-refractivity contribution is -0.122. The van der Waals surface area contributed by atoms with Gasteiger partial charge in [-0.15, -0.1) is 0 Å². The molecule has 1 unspecified atom stereocenters. The van der Waals surface area contributed by atoms with Gasteiger partial charge < -0.3 is 16.4 Å². The van der Waals surface area contributed by atoms with E-state index in [-0.39, 0.29) is 18.0 Å². The van der Waals surface area contributed by atoms with Crippen molar-refractivity contribution in [2.45, 2.75) is 52.1 Å². The van der Waals surface area contributed by atoms with Gasteiger partial charge in [-0.1, -0.05) is 43.0 Å². The summed E-state index contributed by atoms with van der Waals surface area (Å²) in [5.74, 6) is -0.0142. The van der Waals surface area contributed by atoms with E-state index in [4.69, 9.17) is 23.2 Å². The van der Waals surface area contributed by atoms with E-state index < -0.39 is 0 Å². The molecule has 0 fully saturated rings. The summed E-state index contributed by atoms with van der Waals surface area (Å²) in [6.07, 6.45) is 3.26. The van der Waals surface area contributed by atoms with Crippen molar-refractivity contribution in [2.75, 3.05) is 12.4 Å². The van der Waals surface area contributed by atoms with Gasteiger partial charge in [0, 0.05) is 11.7 Å².